The number of anilines is 1. The molecule has 2 nitrogen and oxygen atoms in total. The summed E-state index contributed by atoms with van der Waals surface area (Å²) in [7, 11) is 1.68. The first-order valence-electron chi connectivity index (χ1n) is 6.56. The molecule has 1 aliphatic rings. The van der Waals surface area contributed by atoms with Crippen LogP contribution in [0.5, 0.6) is 0 Å². The van der Waals surface area contributed by atoms with E-state index in [1.165, 1.54) is 6.07 Å². The summed E-state index contributed by atoms with van der Waals surface area (Å²) in [6.45, 7) is 0. The van der Waals surface area contributed by atoms with Crippen molar-refractivity contribution in [3.63, 3.8) is 0 Å². The molecule has 0 unspecified atom stereocenters. The number of methoxy groups -OCH3 is 1. The Balaban J connectivity index is 2.06. The van der Waals surface area contributed by atoms with Gasteiger partial charge in [-0.15, -0.1) is 0 Å². The minimum absolute atomic E-state index is 0.141. The van der Waals surface area contributed by atoms with E-state index in [-0.39, 0.29) is 12.1 Å². The average Bonchev–Trinajstić information content (AvgIpc) is 2.41. The summed E-state index contributed by atoms with van der Waals surface area (Å²) >= 11 is 5.97. The summed E-state index contributed by atoms with van der Waals surface area (Å²) in [6.07, 6.45) is -0.551. The van der Waals surface area contributed by atoms with Gasteiger partial charge in [-0.05, 0) is 43.9 Å². The second-order valence-electron chi connectivity index (χ2n) is 5.05. The fourth-order valence-electron chi connectivity index (χ4n) is 2.47. The van der Waals surface area contributed by atoms with E-state index in [4.69, 9.17) is 16.3 Å². The molecule has 0 bridgehead atoms. The van der Waals surface area contributed by atoms with Crippen molar-refractivity contribution >= 4 is 17.3 Å². The van der Waals surface area contributed by atoms with Crippen molar-refractivity contribution in [1.82, 2.24) is 0 Å². The van der Waals surface area contributed by atoms with Crippen molar-refractivity contribution in [2.24, 2.45) is 0 Å². The van der Waals surface area contributed by atoms with Gasteiger partial charge in [-0.1, -0.05) is 11.6 Å². The fraction of sp³-hybridized carbons (Fsp3) is 0.571. The number of alkyl halides is 3. The molecule has 1 fully saturated rings. The Hall–Kier alpha value is -0.940. The SMILES string of the molecule is COC1CCC(Nc2cc(C(F)(F)F)ccc2Cl)CC1. The van der Waals surface area contributed by atoms with Crippen molar-refractivity contribution < 1.29 is 17.9 Å². The summed E-state index contributed by atoms with van der Waals surface area (Å²) in [5, 5.41) is 3.43. The Morgan fingerprint density at radius 1 is 1.20 bits per heavy atom. The fourth-order valence-corrected chi connectivity index (χ4v) is 2.65. The van der Waals surface area contributed by atoms with Gasteiger partial charge in [0.2, 0.25) is 0 Å². The number of hydrogen-bond acceptors (Lipinski definition) is 2. The van der Waals surface area contributed by atoms with E-state index in [1.54, 1.807) is 7.11 Å². The van der Waals surface area contributed by atoms with Gasteiger partial charge < -0.3 is 10.1 Å². The van der Waals surface area contributed by atoms with Crippen molar-refractivity contribution in [2.75, 3.05) is 12.4 Å². The topological polar surface area (TPSA) is 21.3 Å². The van der Waals surface area contributed by atoms with Gasteiger partial charge in [-0.2, -0.15) is 13.2 Å². The zero-order chi connectivity index (χ0) is 14.8. The molecule has 1 aromatic rings. The molecule has 0 heterocycles. The Morgan fingerprint density at radius 2 is 1.85 bits per heavy atom. The maximum absolute atomic E-state index is 12.7. The minimum atomic E-state index is -4.35. The Kier molecular flexibility index (Phi) is 4.81. The number of hydrogen-bond donors (Lipinski definition) is 1. The maximum atomic E-state index is 12.7. The first-order chi connectivity index (χ1) is 9.40. The average molecular weight is 308 g/mol. The summed E-state index contributed by atoms with van der Waals surface area (Å²) in [5.74, 6) is 0. The second-order valence-corrected chi connectivity index (χ2v) is 5.45. The van der Waals surface area contributed by atoms with Crippen LogP contribution in [0.2, 0.25) is 5.02 Å². The number of benzene rings is 1. The van der Waals surface area contributed by atoms with Gasteiger partial charge in [0.15, 0.2) is 0 Å². The second kappa shape index (κ2) is 6.22. The van der Waals surface area contributed by atoms with Crippen LogP contribution in [0.3, 0.4) is 0 Å². The normalized spacial score (nSPS) is 23.6. The lowest BCUT2D eigenvalue weighted by molar-refractivity contribution is -0.137. The predicted molar refractivity (Wildman–Crippen MR) is 73.1 cm³/mol. The highest BCUT2D eigenvalue weighted by molar-refractivity contribution is 6.33. The number of rotatable bonds is 3. The quantitative estimate of drug-likeness (QED) is 0.871. The van der Waals surface area contributed by atoms with Gasteiger partial charge in [0.25, 0.3) is 0 Å². The van der Waals surface area contributed by atoms with Crippen LogP contribution in [-0.4, -0.2) is 19.3 Å². The highest BCUT2D eigenvalue weighted by Gasteiger charge is 2.31. The molecule has 0 spiro atoms. The van der Waals surface area contributed by atoms with Gasteiger partial charge in [0.1, 0.15) is 0 Å². The zero-order valence-electron chi connectivity index (χ0n) is 11.1. The molecule has 2 rings (SSSR count). The van der Waals surface area contributed by atoms with E-state index in [9.17, 15) is 13.2 Å². The molecular formula is C14H17ClF3NO. The molecule has 0 radical (unpaired) electrons. The van der Waals surface area contributed by atoms with Crippen LogP contribution in [0.25, 0.3) is 0 Å². The molecule has 0 saturated heterocycles. The Morgan fingerprint density at radius 3 is 2.40 bits per heavy atom. The van der Waals surface area contributed by atoms with Crippen molar-refractivity contribution in [2.45, 2.75) is 44.0 Å². The third-order valence-electron chi connectivity index (χ3n) is 3.66. The van der Waals surface area contributed by atoms with Gasteiger partial charge in [-0.25, -0.2) is 0 Å². The molecule has 6 heteroatoms. The van der Waals surface area contributed by atoms with Gasteiger partial charge in [0, 0.05) is 13.2 Å². The maximum Gasteiger partial charge on any atom is 0.416 e. The van der Waals surface area contributed by atoms with Crippen molar-refractivity contribution in [3.8, 4) is 0 Å². The molecule has 1 N–H and O–H groups in total. The van der Waals surface area contributed by atoms with Crippen LogP contribution in [-0.2, 0) is 10.9 Å². The lowest BCUT2D eigenvalue weighted by atomic mass is 9.93. The van der Waals surface area contributed by atoms with E-state index in [1.807, 2.05) is 0 Å². The van der Waals surface area contributed by atoms with Gasteiger partial charge in [0.05, 0.1) is 22.4 Å². The monoisotopic (exact) mass is 307 g/mol. The Labute approximate surface area is 121 Å². The van der Waals surface area contributed by atoms with Crippen molar-refractivity contribution in [1.29, 1.82) is 0 Å². The number of nitrogens with one attached hydrogen (secondary N) is 1. The molecule has 1 aliphatic carbocycles. The summed E-state index contributed by atoms with van der Waals surface area (Å²) in [4.78, 5) is 0. The van der Waals surface area contributed by atoms with Crippen LogP contribution < -0.4 is 5.32 Å². The molecule has 20 heavy (non-hydrogen) atoms. The largest absolute Gasteiger partial charge is 0.416 e. The van der Waals surface area contributed by atoms with E-state index in [2.05, 4.69) is 5.32 Å². The highest BCUT2D eigenvalue weighted by Crippen LogP contribution is 2.35. The number of halogens is 4. The molecule has 1 aromatic carbocycles. The molecule has 0 aliphatic heterocycles. The number of ether oxygens (including phenoxy) is 1. The third kappa shape index (κ3) is 3.79. The molecule has 1 saturated carbocycles. The van der Waals surface area contributed by atoms with Crippen LogP contribution in [0.4, 0.5) is 18.9 Å². The lowest BCUT2D eigenvalue weighted by Crippen LogP contribution is -2.29. The molecular weight excluding hydrogens is 291 g/mol. The smallest absolute Gasteiger partial charge is 0.381 e. The lowest BCUT2D eigenvalue weighted by Gasteiger charge is -2.29. The predicted octanol–water partition coefficient (Wildman–Crippen LogP) is 4.73. The van der Waals surface area contributed by atoms with Crippen LogP contribution in [0.1, 0.15) is 31.2 Å². The molecule has 0 amide bonds. The van der Waals surface area contributed by atoms with E-state index in [0.717, 1.165) is 37.8 Å². The van der Waals surface area contributed by atoms with Crippen LogP contribution in [0, 0.1) is 0 Å². The summed E-state index contributed by atoms with van der Waals surface area (Å²) in [6, 6.07) is 3.50. The first-order valence-corrected chi connectivity index (χ1v) is 6.94. The van der Waals surface area contributed by atoms with Crippen molar-refractivity contribution in [3.05, 3.63) is 28.8 Å². The minimum Gasteiger partial charge on any atom is -0.381 e. The summed E-state index contributed by atoms with van der Waals surface area (Å²) < 4.78 is 43.3. The Bertz CT molecular complexity index is 456. The van der Waals surface area contributed by atoms with E-state index in [0.29, 0.717) is 10.7 Å². The molecule has 0 aromatic heterocycles. The molecule has 112 valence electrons. The molecule has 0 atom stereocenters. The van der Waals surface area contributed by atoms with Gasteiger partial charge in [-0.3, -0.25) is 0 Å². The van der Waals surface area contributed by atoms with Crippen LogP contribution >= 0.6 is 11.6 Å². The van der Waals surface area contributed by atoms with E-state index < -0.39 is 11.7 Å². The zero-order valence-corrected chi connectivity index (χ0v) is 11.9. The third-order valence-corrected chi connectivity index (χ3v) is 3.99. The standard InChI is InChI=1S/C14H17ClF3NO/c1-20-11-5-3-10(4-6-11)19-13-8-9(14(16,17)18)2-7-12(13)15/h2,7-8,10-11,19H,3-6H2,1H3. The van der Waals surface area contributed by atoms with E-state index >= 15 is 0 Å². The van der Waals surface area contributed by atoms with Gasteiger partial charge >= 0.3 is 6.18 Å². The summed E-state index contributed by atoms with van der Waals surface area (Å²) in [5.41, 5.74) is -0.336. The first kappa shape index (κ1) is 15.4. The van der Waals surface area contributed by atoms with Crippen LogP contribution in [0.15, 0.2) is 18.2 Å². The highest BCUT2D eigenvalue weighted by atomic mass is 35.5.